The van der Waals surface area contributed by atoms with Crippen molar-refractivity contribution in [3.05, 3.63) is 27.3 Å². The van der Waals surface area contributed by atoms with Crippen LogP contribution in [0.2, 0.25) is 0 Å². The maximum atomic E-state index is 12.0. The molecule has 1 aliphatic heterocycles. The lowest BCUT2D eigenvalue weighted by molar-refractivity contribution is -0.145. The molecule has 0 aromatic carbocycles. The minimum absolute atomic E-state index is 0.222. The van der Waals surface area contributed by atoms with Crippen molar-refractivity contribution >= 4 is 46.3 Å². The fourth-order valence-corrected chi connectivity index (χ4v) is 3.04. The molecule has 1 saturated heterocycles. The van der Waals surface area contributed by atoms with Crippen LogP contribution in [0.3, 0.4) is 0 Å². The van der Waals surface area contributed by atoms with Gasteiger partial charge < -0.3 is 4.74 Å². The van der Waals surface area contributed by atoms with Crippen LogP contribution in [0.5, 0.6) is 0 Å². The zero-order chi connectivity index (χ0) is 13.8. The molecule has 2 amide bonds. The standard InChI is InChI=1S/C12H11NO4S2/c1-2-17-10(14)7-13-11(15)9(19-12(13)16)6-8-4-3-5-18-8/h3-6H,2,7H2,1H3/b9-6+. The summed E-state index contributed by atoms with van der Waals surface area (Å²) >= 11 is 2.31. The molecule has 0 aliphatic carbocycles. The maximum absolute atomic E-state index is 12.0. The third-order valence-corrected chi connectivity index (χ3v) is 4.01. The van der Waals surface area contributed by atoms with E-state index in [1.165, 1.54) is 11.3 Å². The lowest BCUT2D eigenvalue weighted by atomic mass is 10.3. The van der Waals surface area contributed by atoms with Crippen molar-refractivity contribution in [3.63, 3.8) is 0 Å². The van der Waals surface area contributed by atoms with Crippen LogP contribution in [-0.4, -0.2) is 35.2 Å². The quantitative estimate of drug-likeness (QED) is 0.630. The van der Waals surface area contributed by atoms with E-state index in [1.54, 1.807) is 13.0 Å². The molecule has 1 aliphatic rings. The van der Waals surface area contributed by atoms with Crippen LogP contribution in [0.1, 0.15) is 11.8 Å². The summed E-state index contributed by atoms with van der Waals surface area (Å²) in [7, 11) is 0. The van der Waals surface area contributed by atoms with Gasteiger partial charge in [-0.3, -0.25) is 19.3 Å². The third-order valence-electron chi connectivity index (χ3n) is 2.28. The van der Waals surface area contributed by atoms with E-state index < -0.39 is 17.1 Å². The van der Waals surface area contributed by atoms with E-state index in [9.17, 15) is 14.4 Å². The minimum Gasteiger partial charge on any atom is -0.465 e. The molecule has 0 radical (unpaired) electrons. The molecule has 1 aromatic heterocycles. The van der Waals surface area contributed by atoms with Crippen molar-refractivity contribution in [1.82, 2.24) is 4.90 Å². The maximum Gasteiger partial charge on any atom is 0.326 e. The molecule has 0 bridgehead atoms. The molecule has 100 valence electrons. The smallest absolute Gasteiger partial charge is 0.326 e. The third kappa shape index (κ3) is 3.24. The van der Waals surface area contributed by atoms with Gasteiger partial charge in [0.05, 0.1) is 11.5 Å². The van der Waals surface area contributed by atoms with Crippen LogP contribution in [0.25, 0.3) is 6.08 Å². The van der Waals surface area contributed by atoms with E-state index in [0.717, 1.165) is 21.5 Å². The highest BCUT2D eigenvalue weighted by molar-refractivity contribution is 8.18. The molecule has 0 atom stereocenters. The van der Waals surface area contributed by atoms with Crippen LogP contribution in [-0.2, 0) is 14.3 Å². The summed E-state index contributed by atoms with van der Waals surface area (Å²) in [6.45, 7) is 1.56. The zero-order valence-electron chi connectivity index (χ0n) is 10.1. The van der Waals surface area contributed by atoms with Crippen molar-refractivity contribution in [3.8, 4) is 0 Å². The van der Waals surface area contributed by atoms with Gasteiger partial charge in [0, 0.05) is 4.88 Å². The second-order valence-corrected chi connectivity index (χ2v) is 5.56. The normalized spacial score (nSPS) is 17.3. The van der Waals surface area contributed by atoms with Crippen LogP contribution in [0.4, 0.5) is 4.79 Å². The average molecular weight is 297 g/mol. The first kappa shape index (κ1) is 13.8. The molecule has 0 saturated carbocycles. The Morgan fingerprint density at radius 3 is 2.89 bits per heavy atom. The molecule has 5 nitrogen and oxygen atoms in total. The summed E-state index contributed by atoms with van der Waals surface area (Å²) in [5, 5.41) is 1.44. The fraction of sp³-hybridized carbons (Fsp3) is 0.250. The van der Waals surface area contributed by atoms with Gasteiger partial charge in [-0.05, 0) is 36.2 Å². The van der Waals surface area contributed by atoms with Crippen molar-refractivity contribution in [2.24, 2.45) is 0 Å². The van der Waals surface area contributed by atoms with Crippen molar-refractivity contribution in [1.29, 1.82) is 0 Å². The molecule has 2 rings (SSSR count). The molecule has 2 heterocycles. The lowest BCUT2D eigenvalue weighted by Gasteiger charge is -2.10. The first-order valence-electron chi connectivity index (χ1n) is 5.56. The Kier molecular flexibility index (Phi) is 4.39. The fourth-order valence-electron chi connectivity index (χ4n) is 1.47. The Labute approximate surface area is 118 Å². The highest BCUT2D eigenvalue weighted by Crippen LogP contribution is 2.32. The van der Waals surface area contributed by atoms with Crippen molar-refractivity contribution in [2.45, 2.75) is 6.92 Å². The van der Waals surface area contributed by atoms with Gasteiger partial charge in [0.1, 0.15) is 6.54 Å². The monoisotopic (exact) mass is 297 g/mol. The van der Waals surface area contributed by atoms with E-state index in [1.807, 2.05) is 17.5 Å². The summed E-state index contributed by atoms with van der Waals surface area (Å²) < 4.78 is 4.73. The lowest BCUT2D eigenvalue weighted by Crippen LogP contribution is -2.34. The molecule has 7 heteroatoms. The van der Waals surface area contributed by atoms with Gasteiger partial charge in [-0.15, -0.1) is 11.3 Å². The van der Waals surface area contributed by atoms with Crippen LogP contribution >= 0.6 is 23.1 Å². The number of ether oxygens (including phenoxy) is 1. The molecular weight excluding hydrogens is 286 g/mol. The molecule has 0 spiro atoms. The Morgan fingerprint density at radius 2 is 2.26 bits per heavy atom. The molecule has 1 fully saturated rings. The van der Waals surface area contributed by atoms with Crippen LogP contribution in [0, 0.1) is 0 Å². The Bertz CT molecular complexity index is 536. The number of amides is 2. The Hall–Kier alpha value is -1.60. The zero-order valence-corrected chi connectivity index (χ0v) is 11.8. The first-order chi connectivity index (χ1) is 9.11. The van der Waals surface area contributed by atoms with Gasteiger partial charge in [0.15, 0.2) is 0 Å². The summed E-state index contributed by atoms with van der Waals surface area (Å²) in [6.07, 6.45) is 1.65. The van der Waals surface area contributed by atoms with Gasteiger partial charge in [-0.1, -0.05) is 6.07 Å². The minimum atomic E-state index is -0.581. The highest BCUT2D eigenvalue weighted by Gasteiger charge is 2.36. The number of thioether (sulfide) groups is 1. The second kappa shape index (κ2) is 6.03. The number of nitrogens with zero attached hydrogens (tertiary/aromatic N) is 1. The molecule has 0 unspecified atom stereocenters. The number of rotatable bonds is 4. The van der Waals surface area contributed by atoms with Gasteiger partial charge in [-0.25, -0.2) is 0 Å². The number of esters is 1. The van der Waals surface area contributed by atoms with Gasteiger partial charge in [0.2, 0.25) is 0 Å². The van der Waals surface area contributed by atoms with E-state index in [2.05, 4.69) is 0 Å². The number of hydrogen-bond acceptors (Lipinski definition) is 6. The summed E-state index contributed by atoms with van der Waals surface area (Å²) in [4.78, 5) is 37.1. The van der Waals surface area contributed by atoms with Gasteiger partial charge in [-0.2, -0.15) is 0 Å². The second-order valence-electron chi connectivity index (χ2n) is 3.59. The number of imide groups is 1. The van der Waals surface area contributed by atoms with E-state index in [0.29, 0.717) is 4.91 Å². The summed E-state index contributed by atoms with van der Waals surface area (Å²) in [5.74, 6) is -1.03. The SMILES string of the molecule is CCOC(=O)CN1C(=O)S/C(=C/c2cccs2)C1=O. The van der Waals surface area contributed by atoms with E-state index >= 15 is 0 Å². The predicted molar refractivity (Wildman–Crippen MR) is 73.6 cm³/mol. The van der Waals surface area contributed by atoms with Gasteiger partial charge in [0.25, 0.3) is 11.1 Å². The Balaban J connectivity index is 2.10. The number of thiophene rings is 1. The molecule has 1 aromatic rings. The average Bonchev–Trinajstić information content (AvgIpc) is 2.95. The van der Waals surface area contributed by atoms with Crippen molar-refractivity contribution < 1.29 is 19.1 Å². The highest BCUT2D eigenvalue weighted by atomic mass is 32.2. The van der Waals surface area contributed by atoms with Crippen LogP contribution in [0.15, 0.2) is 22.4 Å². The molecule has 19 heavy (non-hydrogen) atoms. The summed E-state index contributed by atoms with van der Waals surface area (Å²) in [5.41, 5.74) is 0. The number of carbonyl (C=O) groups excluding carboxylic acids is 3. The molecular formula is C12H11NO4S2. The largest absolute Gasteiger partial charge is 0.465 e. The number of hydrogen-bond donors (Lipinski definition) is 0. The molecule has 0 N–H and O–H groups in total. The van der Waals surface area contributed by atoms with E-state index in [4.69, 9.17) is 4.74 Å². The van der Waals surface area contributed by atoms with E-state index in [-0.39, 0.29) is 13.2 Å². The van der Waals surface area contributed by atoms with Crippen LogP contribution < -0.4 is 0 Å². The topological polar surface area (TPSA) is 63.7 Å². The summed E-state index contributed by atoms with van der Waals surface area (Å²) in [6, 6.07) is 3.71. The Morgan fingerprint density at radius 1 is 1.47 bits per heavy atom. The van der Waals surface area contributed by atoms with Crippen molar-refractivity contribution in [2.75, 3.05) is 13.2 Å². The van der Waals surface area contributed by atoms with Gasteiger partial charge >= 0.3 is 5.97 Å². The number of carbonyl (C=O) groups is 3. The first-order valence-corrected chi connectivity index (χ1v) is 7.26. The predicted octanol–water partition coefficient (Wildman–Crippen LogP) is 2.35.